The van der Waals surface area contributed by atoms with Crippen LogP contribution in [0.3, 0.4) is 0 Å². The summed E-state index contributed by atoms with van der Waals surface area (Å²) in [6, 6.07) is 0. The van der Waals surface area contributed by atoms with Crippen LogP contribution in [0.15, 0.2) is 0 Å². The monoisotopic (exact) mass is 315 g/mol. The largest absolute Gasteiger partial charge is 0.369 e. The van der Waals surface area contributed by atoms with Crippen LogP contribution < -0.4 is 0 Å². The van der Waals surface area contributed by atoms with Crippen molar-refractivity contribution in [2.24, 2.45) is 11.8 Å². The summed E-state index contributed by atoms with van der Waals surface area (Å²) in [5.41, 5.74) is 0. The summed E-state index contributed by atoms with van der Waals surface area (Å²) < 4.78 is 22.4. The van der Waals surface area contributed by atoms with E-state index >= 15 is 0 Å². The van der Waals surface area contributed by atoms with Crippen LogP contribution in [0.5, 0.6) is 0 Å². The van der Waals surface area contributed by atoms with E-state index in [0.717, 1.165) is 25.9 Å². The second-order valence-electron chi connectivity index (χ2n) is 5.47. The zero-order chi connectivity index (χ0) is 14.5. The number of fused-ring (bicyclic) bond motifs is 1. The molecule has 112 valence electrons. The van der Waals surface area contributed by atoms with E-state index in [0.29, 0.717) is 11.8 Å². The maximum absolute atomic E-state index is 11.2. The van der Waals surface area contributed by atoms with Gasteiger partial charge in [-0.1, -0.05) is 0 Å². The third kappa shape index (κ3) is 2.82. The van der Waals surface area contributed by atoms with Gasteiger partial charge in [0, 0.05) is 26.1 Å². The third-order valence-corrected chi connectivity index (χ3v) is 8.13. The molecule has 1 heterocycles. The lowest BCUT2D eigenvalue weighted by Gasteiger charge is -2.30. The average Bonchev–Trinajstić information content (AvgIpc) is 2.48. The summed E-state index contributed by atoms with van der Waals surface area (Å²) in [6.07, 6.45) is 1.62. The molecule has 0 radical (unpaired) electrons. The van der Waals surface area contributed by atoms with E-state index in [1.54, 1.807) is 0 Å². The van der Waals surface area contributed by atoms with Gasteiger partial charge in [0.15, 0.2) is 0 Å². The molecule has 5 N–H and O–H groups in total. The zero-order valence-corrected chi connectivity index (χ0v) is 12.1. The van der Waals surface area contributed by atoms with Crippen molar-refractivity contribution in [3.05, 3.63) is 0 Å². The van der Waals surface area contributed by atoms with Gasteiger partial charge in [-0.05, 0) is 24.7 Å². The molecule has 1 saturated heterocycles. The van der Waals surface area contributed by atoms with Crippen molar-refractivity contribution in [3.8, 4) is 0 Å². The first kappa shape index (κ1) is 15.6. The third-order valence-electron chi connectivity index (χ3n) is 4.26. The molecule has 0 aromatic carbocycles. The van der Waals surface area contributed by atoms with Gasteiger partial charge in [0.1, 0.15) is 0 Å². The summed E-state index contributed by atoms with van der Waals surface area (Å²) >= 11 is 0. The number of hydrogen-bond acceptors (Lipinski definition) is 4. The van der Waals surface area contributed by atoms with Gasteiger partial charge < -0.3 is 29.6 Å². The maximum atomic E-state index is 11.2. The smallest absolute Gasteiger partial charge is 0.367 e. The lowest BCUT2D eigenvalue weighted by molar-refractivity contribution is 0.111. The molecular weight excluding hydrogens is 296 g/mol. The van der Waals surface area contributed by atoms with Crippen molar-refractivity contribution in [3.63, 3.8) is 0 Å². The standard InChI is InChI=1S/C9H19NO7P2/c11-9(18(12,13)14,19(15,16)17)3-4-10-5-7-1-2-8(7)6-10/h7-8,11H,1-6H2,(H2,12,13,14)(H2,15,16,17). The fourth-order valence-electron chi connectivity index (χ4n) is 2.81. The first-order valence-corrected chi connectivity index (χ1v) is 9.33. The first-order valence-electron chi connectivity index (χ1n) is 6.10. The topological polar surface area (TPSA) is 139 Å². The molecule has 2 rings (SSSR count). The van der Waals surface area contributed by atoms with Crippen LogP contribution in [0.1, 0.15) is 19.3 Å². The van der Waals surface area contributed by atoms with E-state index in [-0.39, 0.29) is 6.54 Å². The zero-order valence-electron chi connectivity index (χ0n) is 10.3. The molecule has 19 heavy (non-hydrogen) atoms. The van der Waals surface area contributed by atoms with Crippen molar-refractivity contribution in [2.75, 3.05) is 19.6 Å². The Balaban J connectivity index is 2.02. The second-order valence-corrected chi connectivity index (χ2v) is 9.48. The van der Waals surface area contributed by atoms with Gasteiger partial charge in [-0.15, -0.1) is 0 Å². The summed E-state index contributed by atoms with van der Waals surface area (Å²) in [4.78, 5) is 38.0. The number of hydrogen-bond donors (Lipinski definition) is 5. The molecule has 10 heteroatoms. The molecular formula is C9H19NO7P2. The molecule has 2 fully saturated rings. The van der Waals surface area contributed by atoms with Gasteiger partial charge in [0.25, 0.3) is 5.08 Å². The predicted molar refractivity (Wildman–Crippen MR) is 66.3 cm³/mol. The van der Waals surface area contributed by atoms with Crippen LogP contribution >= 0.6 is 15.2 Å². The minimum absolute atomic E-state index is 0.0692. The number of rotatable bonds is 5. The maximum Gasteiger partial charge on any atom is 0.369 e. The van der Waals surface area contributed by atoms with E-state index in [2.05, 4.69) is 0 Å². The lowest BCUT2D eigenvalue weighted by Crippen LogP contribution is -2.34. The summed E-state index contributed by atoms with van der Waals surface area (Å²) in [5.74, 6) is 1.16. The molecule has 2 unspecified atom stereocenters. The molecule has 0 spiro atoms. The Hall–Kier alpha value is 0.220. The Morgan fingerprint density at radius 3 is 1.74 bits per heavy atom. The van der Waals surface area contributed by atoms with Crippen LogP contribution in [0.2, 0.25) is 0 Å². The van der Waals surface area contributed by atoms with Crippen LogP contribution in [0.25, 0.3) is 0 Å². The fourth-order valence-corrected chi connectivity index (χ4v) is 4.95. The molecule has 0 aromatic heterocycles. The van der Waals surface area contributed by atoms with Crippen LogP contribution in [-0.4, -0.2) is 54.3 Å². The molecule has 1 aliphatic heterocycles. The number of nitrogens with zero attached hydrogens (tertiary/aromatic N) is 1. The second kappa shape index (κ2) is 4.90. The molecule has 2 aliphatic rings. The highest BCUT2D eigenvalue weighted by Gasteiger charge is 2.59. The molecule has 1 saturated carbocycles. The predicted octanol–water partition coefficient (Wildman–Crippen LogP) is -0.280. The molecule has 0 bridgehead atoms. The molecule has 0 aromatic rings. The first-order chi connectivity index (χ1) is 8.54. The van der Waals surface area contributed by atoms with Crippen molar-refractivity contribution in [2.45, 2.75) is 24.3 Å². The van der Waals surface area contributed by atoms with Crippen molar-refractivity contribution in [1.29, 1.82) is 0 Å². The van der Waals surface area contributed by atoms with Crippen molar-refractivity contribution < 1.29 is 33.8 Å². The van der Waals surface area contributed by atoms with Crippen molar-refractivity contribution in [1.82, 2.24) is 4.90 Å². The van der Waals surface area contributed by atoms with Gasteiger partial charge in [-0.2, -0.15) is 0 Å². The minimum Gasteiger partial charge on any atom is -0.367 e. The Labute approximate surface area is 110 Å². The van der Waals surface area contributed by atoms with E-state index in [4.69, 9.17) is 19.6 Å². The van der Waals surface area contributed by atoms with E-state index in [1.807, 2.05) is 4.90 Å². The molecule has 0 amide bonds. The van der Waals surface area contributed by atoms with Crippen LogP contribution in [0, 0.1) is 11.8 Å². The van der Waals surface area contributed by atoms with Gasteiger partial charge in [-0.3, -0.25) is 9.13 Å². The highest BCUT2D eigenvalue weighted by molar-refractivity contribution is 7.72. The van der Waals surface area contributed by atoms with Gasteiger partial charge in [0.2, 0.25) is 0 Å². The van der Waals surface area contributed by atoms with E-state index in [1.165, 1.54) is 0 Å². The number of likely N-dealkylation sites (tertiary alicyclic amines) is 1. The Kier molecular flexibility index (Phi) is 4.02. The highest BCUT2D eigenvalue weighted by Crippen LogP contribution is 2.69. The molecule has 8 nitrogen and oxygen atoms in total. The van der Waals surface area contributed by atoms with E-state index in [9.17, 15) is 14.2 Å². The van der Waals surface area contributed by atoms with Crippen LogP contribution in [-0.2, 0) is 9.13 Å². The average molecular weight is 315 g/mol. The van der Waals surface area contributed by atoms with Crippen LogP contribution in [0.4, 0.5) is 0 Å². The fraction of sp³-hybridized carbons (Fsp3) is 1.00. The van der Waals surface area contributed by atoms with Gasteiger partial charge >= 0.3 is 15.2 Å². The SMILES string of the molecule is O=P(O)(O)C(O)(CCN1CC2CCC2C1)P(=O)(O)O. The van der Waals surface area contributed by atoms with Gasteiger partial charge in [-0.25, -0.2) is 0 Å². The van der Waals surface area contributed by atoms with Crippen molar-refractivity contribution >= 4 is 15.2 Å². The minimum atomic E-state index is -5.32. The Morgan fingerprint density at radius 2 is 1.42 bits per heavy atom. The van der Waals surface area contributed by atoms with E-state index < -0.39 is 26.7 Å². The highest BCUT2D eigenvalue weighted by atomic mass is 31.2. The molecule has 1 aliphatic carbocycles. The van der Waals surface area contributed by atoms with Gasteiger partial charge in [0.05, 0.1) is 0 Å². The Morgan fingerprint density at radius 1 is 1.00 bits per heavy atom. The number of aliphatic hydroxyl groups is 1. The molecule has 2 atom stereocenters. The lowest BCUT2D eigenvalue weighted by atomic mass is 9.77. The summed E-state index contributed by atoms with van der Waals surface area (Å²) in [5, 5.41) is 6.46. The summed E-state index contributed by atoms with van der Waals surface area (Å²) in [7, 11) is -10.6. The normalized spacial score (nSPS) is 29.1. The summed E-state index contributed by atoms with van der Waals surface area (Å²) in [6.45, 7) is 1.60. The quantitative estimate of drug-likeness (QED) is 0.437. The Bertz CT molecular complexity index is 410.